The molecule has 3 aromatic rings. The third kappa shape index (κ3) is 3.83. The molecule has 0 aliphatic heterocycles. The predicted molar refractivity (Wildman–Crippen MR) is 105 cm³/mol. The van der Waals surface area contributed by atoms with Gasteiger partial charge >= 0.3 is 0 Å². The van der Waals surface area contributed by atoms with E-state index in [1.165, 1.54) is 0 Å². The lowest BCUT2D eigenvalue weighted by atomic mass is 10.1. The van der Waals surface area contributed by atoms with Gasteiger partial charge in [0.25, 0.3) is 11.8 Å². The highest BCUT2D eigenvalue weighted by molar-refractivity contribution is 6.02. The van der Waals surface area contributed by atoms with Crippen LogP contribution in [0.25, 0.3) is 5.52 Å². The Morgan fingerprint density at radius 2 is 2.04 bits per heavy atom. The summed E-state index contributed by atoms with van der Waals surface area (Å²) < 4.78 is 6.88. The molecule has 7 nitrogen and oxygen atoms in total. The van der Waals surface area contributed by atoms with Crippen molar-refractivity contribution in [2.45, 2.75) is 25.3 Å². The zero-order chi connectivity index (χ0) is 19.5. The van der Waals surface area contributed by atoms with Crippen molar-refractivity contribution in [1.29, 1.82) is 0 Å². The molecule has 4 rings (SSSR count). The van der Waals surface area contributed by atoms with Crippen molar-refractivity contribution in [3.63, 3.8) is 0 Å². The van der Waals surface area contributed by atoms with Crippen LogP contribution in [0.5, 0.6) is 5.75 Å². The number of carbonyl (C=O) groups is 2. The van der Waals surface area contributed by atoms with Crippen LogP contribution in [0.2, 0.25) is 0 Å². The highest BCUT2D eigenvalue weighted by atomic mass is 16.5. The number of rotatable bonds is 7. The first-order valence-electron chi connectivity index (χ1n) is 9.35. The molecule has 0 saturated heterocycles. The minimum Gasteiger partial charge on any atom is -0.497 e. The molecule has 0 spiro atoms. The molecule has 1 aromatic carbocycles. The number of pyridine rings is 1. The third-order valence-corrected chi connectivity index (χ3v) is 4.71. The third-order valence-electron chi connectivity index (χ3n) is 4.71. The number of nitrogens with zero attached hydrogens (tertiary/aromatic N) is 2. The summed E-state index contributed by atoms with van der Waals surface area (Å²) in [6, 6.07) is 13.4. The molecule has 2 N–H and O–H groups in total. The molecule has 144 valence electrons. The topological polar surface area (TPSA) is 84.7 Å². The molecule has 1 aliphatic rings. The molecule has 0 unspecified atom stereocenters. The zero-order valence-corrected chi connectivity index (χ0v) is 15.6. The largest absolute Gasteiger partial charge is 0.497 e. The van der Waals surface area contributed by atoms with E-state index in [0.717, 1.165) is 24.2 Å². The maximum absolute atomic E-state index is 12.7. The second kappa shape index (κ2) is 7.72. The van der Waals surface area contributed by atoms with Gasteiger partial charge in [0, 0.05) is 18.8 Å². The molecule has 0 bridgehead atoms. The lowest BCUT2D eigenvalue weighted by Gasteiger charge is -2.06. The van der Waals surface area contributed by atoms with Gasteiger partial charge in [-0.05, 0) is 49.1 Å². The fraction of sp³-hybridized carbons (Fsp3) is 0.286. The van der Waals surface area contributed by atoms with Crippen LogP contribution in [0.15, 0.2) is 48.7 Å². The number of benzene rings is 1. The number of ether oxygens (including phenoxy) is 1. The molecular weight excluding hydrogens is 356 g/mol. The summed E-state index contributed by atoms with van der Waals surface area (Å²) in [5.74, 6) is 0.479. The summed E-state index contributed by atoms with van der Waals surface area (Å²) in [7, 11) is 1.63. The van der Waals surface area contributed by atoms with E-state index >= 15 is 0 Å². The normalized spacial score (nSPS) is 13.3. The van der Waals surface area contributed by atoms with E-state index in [1.807, 2.05) is 36.4 Å². The van der Waals surface area contributed by atoms with Gasteiger partial charge in [0.2, 0.25) is 5.82 Å². The molecule has 2 heterocycles. The fourth-order valence-corrected chi connectivity index (χ4v) is 3.07. The molecule has 0 atom stereocenters. The van der Waals surface area contributed by atoms with Gasteiger partial charge in [0.05, 0.1) is 12.6 Å². The van der Waals surface area contributed by atoms with Crippen LogP contribution < -0.4 is 15.4 Å². The summed E-state index contributed by atoms with van der Waals surface area (Å²) in [4.78, 5) is 29.5. The van der Waals surface area contributed by atoms with Crippen molar-refractivity contribution >= 4 is 17.3 Å². The van der Waals surface area contributed by atoms with Crippen LogP contribution in [-0.2, 0) is 6.42 Å². The summed E-state index contributed by atoms with van der Waals surface area (Å²) in [6.07, 6.45) is 4.40. The Balaban J connectivity index is 1.48. The van der Waals surface area contributed by atoms with Crippen LogP contribution in [0, 0.1) is 0 Å². The quantitative estimate of drug-likeness (QED) is 0.660. The predicted octanol–water partition coefficient (Wildman–Crippen LogP) is 2.21. The first kappa shape index (κ1) is 18.0. The Labute approximate surface area is 162 Å². The van der Waals surface area contributed by atoms with Gasteiger partial charge in [-0.2, -0.15) is 0 Å². The lowest BCUT2D eigenvalue weighted by molar-refractivity contribution is 0.0940. The highest BCUT2D eigenvalue weighted by Crippen LogP contribution is 2.20. The number of hydrogen-bond acceptors (Lipinski definition) is 4. The number of fused-ring (bicyclic) bond motifs is 1. The molecule has 2 aromatic heterocycles. The summed E-state index contributed by atoms with van der Waals surface area (Å²) in [5, 5.41) is 5.82. The van der Waals surface area contributed by atoms with E-state index in [2.05, 4.69) is 15.6 Å². The molecule has 2 amide bonds. The Kier molecular flexibility index (Phi) is 4.97. The average Bonchev–Trinajstić information content (AvgIpc) is 3.44. The van der Waals surface area contributed by atoms with Crippen LogP contribution >= 0.6 is 0 Å². The number of imidazole rings is 1. The van der Waals surface area contributed by atoms with Gasteiger partial charge in [-0.3, -0.25) is 14.0 Å². The van der Waals surface area contributed by atoms with Crippen LogP contribution in [0.1, 0.15) is 39.5 Å². The van der Waals surface area contributed by atoms with Gasteiger partial charge in [-0.15, -0.1) is 0 Å². The summed E-state index contributed by atoms with van der Waals surface area (Å²) in [6.45, 7) is 0.460. The van der Waals surface area contributed by atoms with Gasteiger partial charge in [-0.1, -0.05) is 18.2 Å². The number of methoxy groups -OCH3 is 1. The first-order chi connectivity index (χ1) is 13.7. The molecular formula is C21H22N4O3. The Morgan fingerprint density at radius 3 is 2.82 bits per heavy atom. The second-order valence-electron chi connectivity index (χ2n) is 6.85. The monoisotopic (exact) mass is 378 g/mol. The van der Waals surface area contributed by atoms with Gasteiger partial charge < -0.3 is 15.4 Å². The second-order valence-corrected chi connectivity index (χ2v) is 6.85. The van der Waals surface area contributed by atoms with Crippen LogP contribution in [-0.4, -0.2) is 40.9 Å². The number of nitrogens with one attached hydrogen (secondary N) is 2. The van der Waals surface area contributed by atoms with E-state index in [0.29, 0.717) is 18.5 Å². The average molecular weight is 378 g/mol. The maximum atomic E-state index is 12.7. The summed E-state index contributed by atoms with van der Waals surface area (Å²) >= 11 is 0. The van der Waals surface area contributed by atoms with E-state index < -0.39 is 0 Å². The number of aromatic nitrogens is 2. The highest BCUT2D eigenvalue weighted by Gasteiger charge is 2.27. The van der Waals surface area contributed by atoms with Crippen LogP contribution in [0.3, 0.4) is 0 Å². The first-order valence-corrected chi connectivity index (χ1v) is 9.35. The van der Waals surface area contributed by atoms with Gasteiger partial charge in [-0.25, -0.2) is 4.98 Å². The Hall–Kier alpha value is -3.35. The zero-order valence-electron chi connectivity index (χ0n) is 15.6. The van der Waals surface area contributed by atoms with Crippen molar-refractivity contribution in [3.05, 3.63) is 65.7 Å². The van der Waals surface area contributed by atoms with Gasteiger partial charge in [0.15, 0.2) is 5.69 Å². The van der Waals surface area contributed by atoms with Crippen molar-refractivity contribution in [1.82, 2.24) is 20.0 Å². The van der Waals surface area contributed by atoms with Crippen molar-refractivity contribution in [2.75, 3.05) is 13.7 Å². The standard InChI is InChI=1S/C21H22N4O3/c1-28-16-6-4-5-14(13-16)10-11-22-20(26)18-17-7-2-3-12-25(17)19(24-18)21(27)23-15-8-9-15/h2-7,12-13,15H,8-11H2,1H3,(H,22,26)(H,23,27). The SMILES string of the molecule is COc1cccc(CCNC(=O)c2nc(C(=O)NC3CC3)n3ccccc23)c1. The molecule has 1 fully saturated rings. The minimum absolute atomic E-state index is 0.226. The van der Waals surface area contributed by atoms with E-state index in [4.69, 9.17) is 4.74 Å². The Morgan fingerprint density at radius 1 is 1.18 bits per heavy atom. The number of hydrogen-bond donors (Lipinski definition) is 2. The molecule has 0 radical (unpaired) electrons. The van der Waals surface area contributed by atoms with Crippen LogP contribution in [0.4, 0.5) is 0 Å². The van der Waals surface area contributed by atoms with E-state index in [1.54, 1.807) is 23.8 Å². The maximum Gasteiger partial charge on any atom is 0.287 e. The van der Waals surface area contributed by atoms with Crippen molar-refractivity contribution < 1.29 is 14.3 Å². The molecule has 7 heteroatoms. The molecule has 28 heavy (non-hydrogen) atoms. The van der Waals surface area contributed by atoms with E-state index in [-0.39, 0.29) is 29.4 Å². The van der Waals surface area contributed by atoms with Crippen molar-refractivity contribution in [2.24, 2.45) is 0 Å². The van der Waals surface area contributed by atoms with E-state index in [9.17, 15) is 9.59 Å². The minimum atomic E-state index is -0.294. The molecule has 1 aliphatic carbocycles. The van der Waals surface area contributed by atoms with Crippen molar-refractivity contribution in [3.8, 4) is 5.75 Å². The lowest BCUT2D eigenvalue weighted by Crippen LogP contribution is -2.28. The summed E-state index contributed by atoms with van der Waals surface area (Å²) in [5.41, 5.74) is 1.94. The van der Waals surface area contributed by atoms with Gasteiger partial charge in [0.1, 0.15) is 5.75 Å². The fourth-order valence-electron chi connectivity index (χ4n) is 3.07. The smallest absolute Gasteiger partial charge is 0.287 e. The number of amides is 2. The number of carbonyl (C=O) groups excluding carboxylic acids is 2. The molecule has 1 saturated carbocycles. The Bertz CT molecular complexity index is 1020.